The zero-order valence-corrected chi connectivity index (χ0v) is 11.2. The van der Waals surface area contributed by atoms with Crippen LogP contribution in [0.15, 0.2) is 0 Å². The van der Waals surface area contributed by atoms with E-state index in [0.717, 1.165) is 12.8 Å². The number of aliphatic hydroxyl groups excluding tert-OH is 1. The van der Waals surface area contributed by atoms with Gasteiger partial charge in [0.2, 0.25) is 5.91 Å². The first-order valence-corrected chi connectivity index (χ1v) is 6.67. The number of rotatable bonds is 7. The second-order valence-electron chi connectivity index (χ2n) is 4.79. The van der Waals surface area contributed by atoms with Crippen LogP contribution in [0, 0.1) is 11.8 Å². The zero-order chi connectivity index (χ0) is 13.5. The van der Waals surface area contributed by atoms with Crippen LogP contribution in [-0.4, -0.2) is 48.2 Å². The third-order valence-corrected chi connectivity index (χ3v) is 3.27. The van der Waals surface area contributed by atoms with Gasteiger partial charge in [0.05, 0.1) is 19.1 Å². The number of esters is 1. The van der Waals surface area contributed by atoms with E-state index < -0.39 is 11.9 Å². The van der Waals surface area contributed by atoms with Gasteiger partial charge in [-0.25, -0.2) is 0 Å². The Morgan fingerprint density at radius 1 is 1.56 bits per heavy atom. The molecule has 1 amide bonds. The first-order chi connectivity index (χ1) is 8.62. The Hall–Kier alpha value is -1.10. The van der Waals surface area contributed by atoms with Crippen LogP contribution in [0.3, 0.4) is 0 Å². The molecule has 0 saturated carbocycles. The molecule has 104 valence electrons. The number of aliphatic hydroxyl groups is 1. The van der Waals surface area contributed by atoms with Crippen molar-refractivity contribution in [3.05, 3.63) is 0 Å². The van der Waals surface area contributed by atoms with Crippen molar-refractivity contribution in [2.75, 3.05) is 26.3 Å². The fourth-order valence-electron chi connectivity index (χ4n) is 2.36. The lowest BCUT2D eigenvalue weighted by Gasteiger charge is -2.21. The van der Waals surface area contributed by atoms with E-state index in [0.29, 0.717) is 25.5 Å². The smallest absolute Gasteiger partial charge is 0.313 e. The highest BCUT2D eigenvalue weighted by atomic mass is 16.5. The fourth-order valence-corrected chi connectivity index (χ4v) is 2.36. The van der Waals surface area contributed by atoms with Gasteiger partial charge >= 0.3 is 5.97 Å². The standard InChI is InChI=1S/C13H23NO4/c1-3-5-10-6-12(16)14(7-10)8-11(9-15)13(17)18-4-2/h10-11,15H,3-9H2,1-2H3. The van der Waals surface area contributed by atoms with Gasteiger partial charge in [0.25, 0.3) is 0 Å². The van der Waals surface area contributed by atoms with Crippen molar-refractivity contribution in [3.8, 4) is 0 Å². The van der Waals surface area contributed by atoms with E-state index in [-0.39, 0.29) is 19.1 Å². The van der Waals surface area contributed by atoms with Crippen molar-refractivity contribution in [2.45, 2.75) is 33.1 Å². The Morgan fingerprint density at radius 3 is 2.83 bits per heavy atom. The van der Waals surface area contributed by atoms with Crippen LogP contribution in [0.25, 0.3) is 0 Å². The molecule has 0 bridgehead atoms. The number of carbonyl (C=O) groups is 2. The quantitative estimate of drug-likeness (QED) is 0.685. The van der Waals surface area contributed by atoms with Crippen molar-refractivity contribution in [1.29, 1.82) is 0 Å². The Bertz CT molecular complexity index is 293. The summed E-state index contributed by atoms with van der Waals surface area (Å²) in [6.07, 6.45) is 2.66. The van der Waals surface area contributed by atoms with E-state index in [2.05, 4.69) is 6.92 Å². The maximum Gasteiger partial charge on any atom is 0.313 e. The van der Waals surface area contributed by atoms with E-state index in [1.165, 1.54) is 0 Å². The van der Waals surface area contributed by atoms with Gasteiger partial charge in [-0.2, -0.15) is 0 Å². The molecule has 0 spiro atoms. The summed E-state index contributed by atoms with van der Waals surface area (Å²) < 4.78 is 4.88. The molecule has 0 aliphatic carbocycles. The first kappa shape index (κ1) is 15.0. The minimum Gasteiger partial charge on any atom is -0.466 e. The molecule has 18 heavy (non-hydrogen) atoms. The molecule has 0 aromatic carbocycles. The van der Waals surface area contributed by atoms with Crippen LogP contribution in [0.1, 0.15) is 33.1 Å². The third-order valence-electron chi connectivity index (χ3n) is 3.27. The molecular weight excluding hydrogens is 234 g/mol. The van der Waals surface area contributed by atoms with Gasteiger partial charge < -0.3 is 14.7 Å². The fraction of sp³-hybridized carbons (Fsp3) is 0.846. The summed E-state index contributed by atoms with van der Waals surface area (Å²) in [5.74, 6) is -0.568. The predicted molar refractivity (Wildman–Crippen MR) is 66.8 cm³/mol. The van der Waals surface area contributed by atoms with Crippen LogP contribution in [0.2, 0.25) is 0 Å². The monoisotopic (exact) mass is 257 g/mol. The zero-order valence-electron chi connectivity index (χ0n) is 11.2. The number of carbonyl (C=O) groups excluding carboxylic acids is 2. The van der Waals surface area contributed by atoms with E-state index in [4.69, 9.17) is 4.74 Å². The Labute approximate surface area is 108 Å². The normalized spacial score (nSPS) is 21.2. The lowest BCUT2D eigenvalue weighted by Crippen LogP contribution is -2.37. The van der Waals surface area contributed by atoms with Crippen molar-refractivity contribution in [1.82, 2.24) is 4.90 Å². The number of hydrogen-bond acceptors (Lipinski definition) is 4. The van der Waals surface area contributed by atoms with E-state index >= 15 is 0 Å². The van der Waals surface area contributed by atoms with Gasteiger partial charge in [0, 0.05) is 19.5 Å². The highest BCUT2D eigenvalue weighted by Gasteiger charge is 2.32. The maximum atomic E-state index is 11.8. The molecule has 1 heterocycles. The summed E-state index contributed by atoms with van der Waals surface area (Å²) >= 11 is 0. The number of hydrogen-bond donors (Lipinski definition) is 1. The molecule has 1 N–H and O–H groups in total. The van der Waals surface area contributed by atoms with Gasteiger partial charge in [-0.3, -0.25) is 9.59 Å². The van der Waals surface area contributed by atoms with Crippen LogP contribution in [0.4, 0.5) is 0 Å². The van der Waals surface area contributed by atoms with Crippen molar-refractivity contribution in [3.63, 3.8) is 0 Å². The summed E-state index contributed by atoms with van der Waals surface area (Å²) in [5.41, 5.74) is 0. The van der Waals surface area contributed by atoms with Gasteiger partial charge in [-0.05, 0) is 19.3 Å². The number of ether oxygens (including phenoxy) is 1. The van der Waals surface area contributed by atoms with Gasteiger partial charge in [0.1, 0.15) is 0 Å². The maximum absolute atomic E-state index is 11.8. The predicted octanol–water partition coefficient (Wildman–Crippen LogP) is 0.807. The molecule has 0 aromatic heterocycles. The van der Waals surface area contributed by atoms with Gasteiger partial charge in [0.15, 0.2) is 0 Å². The van der Waals surface area contributed by atoms with Crippen LogP contribution >= 0.6 is 0 Å². The van der Waals surface area contributed by atoms with Crippen LogP contribution < -0.4 is 0 Å². The SMILES string of the molecule is CCCC1CC(=O)N(CC(CO)C(=O)OCC)C1. The molecule has 1 aliphatic rings. The Balaban J connectivity index is 2.49. The lowest BCUT2D eigenvalue weighted by molar-refractivity contribution is -0.150. The number of amides is 1. The molecule has 2 unspecified atom stereocenters. The second-order valence-corrected chi connectivity index (χ2v) is 4.79. The van der Waals surface area contributed by atoms with E-state index in [1.54, 1.807) is 11.8 Å². The molecule has 1 saturated heterocycles. The van der Waals surface area contributed by atoms with Gasteiger partial charge in [-0.1, -0.05) is 13.3 Å². The van der Waals surface area contributed by atoms with Crippen LogP contribution in [0.5, 0.6) is 0 Å². The highest BCUT2D eigenvalue weighted by molar-refractivity contribution is 5.80. The van der Waals surface area contributed by atoms with E-state index in [9.17, 15) is 14.7 Å². The van der Waals surface area contributed by atoms with Crippen molar-refractivity contribution < 1.29 is 19.4 Å². The van der Waals surface area contributed by atoms with Crippen molar-refractivity contribution in [2.24, 2.45) is 11.8 Å². The molecule has 5 heteroatoms. The Kier molecular flexibility index (Phi) is 6.12. The molecule has 0 aromatic rings. The minimum atomic E-state index is -0.616. The summed E-state index contributed by atoms with van der Waals surface area (Å²) in [4.78, 5) is 25.0. The molecule has 1 rings (SSSR count). The van der Waals surface area contributed by atoms with E-state index in [1.807, 2.05) is 0 Å². The topological polar surface area (TPSA) is 66.8 Å². The highest BCUT2D eigenvalue weighted by Crippen LogP contribution is 2.23. The molecule has 5 nitrogen and oxygen atoms in total. The van der Waals surface area contributed by atoms with Crippen LogP contribution in [-0.2, 0) is 14.3 Å². The van der Waals surface area contributed by atoms with Crippen molar-refractivity contribution >= 4 is 11.9 Å². The lowest BCUT2D eigenvalue weighted by atomic mass is 10.0. The first-order valence-electron chi connectivity index (χ1n) is 6.67. The summed E-state index contributed by atoms with van der Waals surface area (Å²) in [6.45, 7) is 4.81. The molecule has 1 fully saturated rings. The average molecular weight is 257 g/mol. The molecular formula is C13H23NO4. The van der Waals surface area contributed by atoms with Gasteiger partial charge in [-0.15, -0.1) is 0 Å². The average Bonchev–Trinajstić information content (AvgIpc) is 2.67. The summed E-state index contributed by atoms with van der Waals surface area (Å²) in [5, 5.41) is 9.20. The largest absolute Gasteiger partial charge is 0.466 e. The number of likely N-dealkylation sites (tertiary alicyclic amines) is 1. The molecule has 1 aliphatic heterocycles. The minimum absolute atomic E-state index is 0.0798. The molecule has 2 atom stereocenters. The second kappa shape index (κ2) is 7.36. The number of nitrogens with zero attached hydrogens (tertiary/aromatic N) is 1. The molecule has 0 radical (unpaired) electrons. The summed E-state index contributed by atoms with van der Waals surface area (Å²) in [7, 11) is 0. The third kappa shape index (κ3) is 3.98. The Morgan fingerprint density at radius 2 is 2.28 bits per heavy atom. The summed E-state index contributed by atoms with van der Waals surface area (Å²) in [6, 6.07) is 0.